The molecule has 0 fully saturated rings. The Morgan fingerprint density at radius 1 is 1.35 bits per heavy atom. The zero-order valence-electron chi connectivity index (χ0n) is 10.7. The molecule has 4 heteroatoms. The van der Waals surface area contributed by atoms with Gasteiger partial charge in [-0.2, -0.15) is 0 Å². The Kier molecular flexibility index (Phi) is 4.37. The van der Waals surface area contributed by atoms with Crippen molar-refractivity contribution in [1.82, 2.24) is 0 Å². The minimum absolute atomic E-state index is 0.445. The number of primary amides is 1. The van der Waals surface area contributed by atoms with Gasteiger partial charge < -0.3 is 16.8 Å². The number of nitrogen functional groups attached to an aromatic ring is 1. The van der Waals surface area contributed by atoms with Crippen LogP contribution in [-0.4, -0.2) is 12.5 Å². The van der Waals surface area contributed by atoms with E-state index < -0.39 is 5.91 Å². The van der Waals surface area contributed by atoms with Crippen LogP contribution in [0.2, 0.25) is 0 Å². The standard InChI is InChI=1S/C13H21N3O/c1-8(2)9(3)7-16-12-5-4-10(14)6-11(12)13(15)17/h4-6,8-9,16H,7,14H2,1-3H3,(H2,15,17). The monoisotopic (exact) mass is 235 g/mol. The summed E-state index contributed by atoms with van der Waals surface area (Å²) in [5.74, 6) is 0.651. The van der Waals surface area contributed by atoms with Crippen LogP contribution in [-0.2, 0) is 0 Å². The fourth-order valence-electron chi connectivity index (χ4n) is 1.43. The first-order valence-electron chi connectivity index (χ1n) is 5.85. The molecule has 0 bridgehead atoms. The molecule has 0 saturated carbocycles. The van der Waals surface area contributed by atoms with Gasteiger partial charge in [-0.25, -0.2) is 0 Å². The van der Waals surface area contributed by atoms with Crippen molar-refractivity contribution < 1.29 is 4.79 Å². The summed E-state index contributed by atoms with van der Waals surface area (Å²) in [5, 5.41) is 3.25. The van der Waals surface area contributed by atoms with E-state index in [1.807, 2.05) is 0 Å². The highest BCUT2D eigenvalue weighted by Crippen LogP contribution is 2.19. The van der Waals surface area contributed by atoms with E-state index in [9.17, 15) is 4.79 Å². The Morgan fingerprint density at radius 3 is 2.53 bits per heavy atom. The van der Waals surface area contributed by atoms with Crippen molar-refractivity contribution in [2.45, 2.75) is 20.8 Å². The first-order chi connectivity index (χ1) is 7.91. The predicted molar refractivity (Wildman–Crippen MR) is 71.9 cm³/mol. The third-order valence-corrected chi connectivity index (χ3v) is 3.06. The zero-order chi connectivity index (χ0) is 13.0. The molecule has 0 aliphatic carbocycles. The molecule has 0 aliphatic rings. The molecule has 0 spiro atoms. The van der Waals surface area contributed by atoms with E-state index in [-0.39, 0.29) is 0 Å². The van der Waals surface area contributed by atoms with Gasteiger partial charge in [0.05, 0.1) is 5.56 Å². The van der Waals surface area contributed by atoms with Crippen LogP contribution >= 0.6 is 0 Å². The lowest BCUT2D eigenvalue weighted by Gasteiger charge is -2.18. The first kappa shape index (κ1) is 13.4. The lowest BCUT2D eigenvalue weighted by Crippen LogP contribution is -2.19. The number of benzene rings is 1. The largest absolute Gasteiger partial charge is 0.399 e. The molecule has 1 rings (SSSR count). The van der Waals surface area contributed by atoms with Crippen LogP contribution in [0.1, 0.15) is 31.1 Å². The molecule has 0 heterocycles. The topological polar surface area (TPSA) is 81.1 Å². The van der Waals surface area contributed by atoms with E-state index in [4.69, 9.17) is 11.5 Å². The van der Waals surface area contributed by atoms with Crippen molar-refractivity contribution in [3.63, 3.8) is 0 Å². The van der Waals surface area contributed by atoms with E-state index in [2.05, 4.69) is 26.1 Å². The van der Waals surface area contributed by atoms with E-state index in [0.717, 1.165) is 12.2 Å². The summed E-state index contributed by atoms with van der Waals surface area (Å²) < 4.78 is 0. The number of hydrogen-bond donors (Lipinski definition) is 3. The third kappa shape index (κ3) is 3.66. The summed E-state index contributed by atoms with van der Waals surface area (Å²) >= 11 is 0. The van der Waals surface area contributed by atoms with Crippen molar-refractivity contribution >= 4 is 17.3 Å². The van der Waals surface area contributed by atoms with Crippen LogP contribution in [0.5, 0.6) is 0 Å². The van der Waals surface area contributed by atoms with Crippen molar-refractivity contribution in [1.29, 1.82) is 0 Å². The van der Waals surface area contributed by atoms with Gasteiger partial charge in [0.2, 0.25) is 0 Å². The summed E-state index contributed by atoms with van der Waals surface area (Å²) in [6.07, 6.45) is 0. The molecular formula is C13H21N3O. The van der Waals surface area contributed by atoms with Gasteiger partial charge in [-0.05, 0) is 30.0 Å². The van der Waals surface area contributed by atoms with Gasteiger partial charge >= 0.3 is 0 Å². The summed E-state index contributed by atoms with van der Waals surface area (Å²) in [5.41, 5.74) is 12.7. The lowest BCUT2D eigenvalue weighted by molar-refractivity contribution is 0.100. The second-order valence-corrected chi connectivity index (χ2v) is 4.77. The number of nitrogens with two attached hydrogens (primary N) is 2. The SMILES string of the molecule is CC(C)C(C)CNc1ccc(N)cc1C(N)=O. The van der Waals surface area contributed by atoms with Crippen LogP contribution in [0.15, 0.2) is 18.2 Å². The maximum atomic E-state index is 11.3. The first-order valence-corrected chi connectivity index (χ1v) is 5.85. The highest BCUT2D eigenvalue weighted by Gasteiger charge is 2.11. The number of hydrogen-bond acceptors (Lipinski definition) is 3. The Balaban J connectivity index is 2.80. The molecule has 94 valence electrons. The number of rotatable bonds is 5. The summed E-state index contributed by atoms with van der Waals surface area (Å²) in [7, 11) is 0. The summed E-state index contributed by atoms with van der Waals surface area (Å²) in [6, 6.07) is 5.15. The van der Waals surface area contributed by atoms with E-state index in [1.165, 1.54) is 0 Å². The predicted octanol–water partition coefficient (Wildman–Crippen LogP) is 2.07. The summed E-state index contributed by atoms with van der Waals surface area (Å²) in [6.45, 7) is 7.31. The molecule has 0 aliphatic heterocycles. The molecule has 1 aromatic carbocycles. The van der Waals surface area contributed by atoms with Crippen molar-refractivity contribution in [2.24, 2.45) is 17.6 Å². The normalized spacial score (nSPS) is 12.5. The fourth-order valence-corrected chi connectivity index (χ4v) is 1.43. The molecule has 1 atom stereocenters. The zero-order valence-corrected chi connectivity index (χ0v) is 10.7. The van der Waals surface area contributed by atoms with Crippen LogP contribution in [0.25, 0.3) is 0 Å². The van der Waals surface area contributed by atoms with Gasteiger partial charge in [-0.1, -0.05) is 20.8 Å². The molecule has 4 nitrogen and oxygen atoms in total. The highest BCUT2D eigenvalue weighted by atomic mass is 16.1. The number of amides is 1. The fraction of sp³-hybridized carbons (Fsp3) is 0.462. The van der Waals surface area contributed by atoms with Crippen molar-refractivity contribution in [2.75, 3.05) is 17.6 Å². The number of carbonyl (C=O) groups excluding carboxylic acids is 1. The highest BCUT2D eigenvalue weighted by molar-refractivity contribution is 5.99. The van der Waals surface area contributed by atoms with Crippen molar-refractivity contribution in [3.8, 4) is 0 Å². The molecular weight excluding hydrogens is 214 g/mol. The maximum Gasteiger partial charge on any atom is 0.250 e. The van der Waals surface area contributed by atoms with E-state index in [1.54, 1.807) is 18.2 Å². The average Bonchev–Trinajstić information content (AvgIpc) is 2.26. The molecule has 1 unspecified atom stereocenters. The van der Waals surface area contributed by atoms with Crippen LogP contribution in [0.3, 0.4) is 0 Å². The van der Waals surface area contributed by atoms with Gasteiger partial charge in [0.15, 0.2) is 0 Å². The second-order valence-electron chi connectivity index (χ2n) is 4.77. The maximum absolute atomic E-state index is 11.3. The van der Waals surface area contributed by atoms with Crippen LogP contribution < -0.4 is 16.8 Å². The van der Waals surface area contributed by atoms with Gasteiger partial charge in [0.1, 0.15) is 0 Å². The third-order valence-electron chi connectivity index (χ3n) is 3.06. The van der Waals surface area contributed by atoms with Crippen LogP contribution in [0.4, 0.5) is 11.4 Å². The Labute approximate surface area is 102 Å². The van der Waals surface area contributed by atoms with E-state index in [0.29, 0.717) is 23.1 Å². The smallest absolute Gasteiger partial charge is 0.250 e. The molecule has 1 amide bonds. The minimum atomic E-state index is -0.461. The lowest BCUT2D eigenvalue weighted by atomic mass is 9.98. The average molecular weight is 235 g/mol. The quantitative estimate of drug-likeness (QED) is 0.683. The molecule has 0 saturated heterocycles. The second kappa shape index (κ2) is 5.57. The van der Waals surface area contributed by atoms with Gasteiger partial charge in [0, 0.05) is 17.9 Å². The Morgan fingerprint density at radius 2 is 2.00 bits per heavy atom. The van der Waals surface area contributed by atoms with Gasteiger partial charge in [-0.15, -0.1) is 0 Å². The molecule has 0 aromatic heterocycles. The number of anilines is 2. The molecule has 5 N–H and O–H groups in total. The summed E-state index contributed by atoms with van der Waals surface area (Å²) in [4.78, 5) is 11.3. The minimum Gasteiger partial charge on any atom is -0.399 e. The molecule has 1 aromatic rings. The Bertz CT molecular complexity index is 402. The molecule has 0 radical (unpaired) electrons. The van der Waals surface area contributed by atoms with Gasteiger partial charge in [-0.3, -0.25) is 4.79 Å². The molecule has 17 heavy (non-hydrogen) atoms. The van der Waals surface area contributed by atoms with Crippen LogP contribution in [0, 0.1) is 11.8 Å². The van der Waals surface area contributed by atoms with E-state index >= 15 is 0 Å². The Hall–Kier alpha value is -1.71. The number of carbonyl (C=O) groups is 1. The number of nitrogens with one attached hydrogen (secondary N) is 1. The van der Waals surface area contributed by atoms with Gasteiger partial charge in [0.25, 0.3) is 5.91 Å². The van der Waals surface area contributed by atoms with Crippen molar-refractivity contribution in [3.05, 3.63) is 23.8 Å².